The van der Waals surface area contributed by atoms with Crippen LogP contribution in [0.5, 0.6) is 0 Å². The normalized spacial score (nSPS) is 29.8. The molecule has 1 aliphatic heterocycles. The van der Waals surface area contributed by atoms with Crippen molar-refractivity contribution in [1.29, 1.82) is 0 Å². The van der Waals surface area contributed by atoms with Crippen molar-refractivity contribution in [1.82, 2.24) is 15.8 Å². The van der Waals surface area contributed by atoms with Gasteiger partial charge in [-0.1, -0.05) is 11.6 Å². The summed E-state index contributed by atoms with van der Waals surface area (Å²) in [5, 5.41) is 14.1. The van der Waals surface area contributed by atoms with Gasteiger partial charge < -0.3 is 11.1 Å². The third-order valence-corrected chi connectivity index (χ3v) is 4.73. The lowest BCUT2D eigenvalue weighted by Gasteiger charge is -2.33. The fourth-order valence-electron chi connectivity index (χ4n) is 3.30. The summed E-state index contributed by atoms with van der Waals surface area (Å²) in [5.41, 5.74) is 11.3. The lowest BCUT2D eigenvalue weighted by molar-refractivity contribution is -0.385. The number of nitrogens with zero attached hydrogens (tertiary/aromatic N) is 2. The summed E-state index contributed by atoms with van der Waals surface area (Å²) >= 11 is 6.05. The molecule has 0 bridgehead atoms. The van der Waals surface area contributed by atoms with Crippen molar-refractivity contribution >= 4 is 29.0 Å². The fraction of sp³-hybridized carbons (Fsp3) is 0.538. The van der Waals surface area contributed by atoms with Crippen LogP contribution < -0.4 is 21.9 Å². The van der Waals surface area contributed by atoms with Gasteiger partial charge in [0.1, 0.15) is 18.1 Å². The number of halogens is 1. The Hall–Kier alpha value is -1.97. The summed E-state index contributed by atoms with van der Waals surface area (Å²) in [7, 11) is 0. The molecule has 3 rings (SSSR count). The number of nitrogens with one attached hydrogen (secondary N) is 3. The Balaban J connectivity index is 1.69. The number of amides is 1. The number of fused-ring (bicyclic) bond motifs is 1. The summed E-state index contributed by atoms with van der Waals surface area (Å²) < 4.78 is 0. The average Bonchev–Trinajstić information content (AvgIpc) is 2.92. The molecule has 0 spiro atoms. The van der Waals surface area contributed by atoms with Crippen molar-refractivity contribution < 1.29 is 9.72 Å². The smallest absolute Gasteiger partial charge is 0.289 e. The highest BCUT2D eigenvalue weighted by atomic mass is 35.5. The van der Waals surface area contributed by atoms with Crippen LogP contribution in [0, 0.1) is 16.0 Å². The Bertz CT molecular complexity index is 642. The van der Waals surface area contributed by atoms with Crippen LogP contribution in [-0.4, -0.2) is 33.9 Å². The van der Waals surface area contributed by atoms with Gasteiger partial charge in [-0.15, -0.1) is 0 Å². The Labute approximate surface area is 137 Å². The van der Waals surface area contributed by atoms with Crippen molar-refractivity contribution in [2.24, 2.45) is 11.7 Å². The van der Waals surface area contributed by atoms with E-state index < -0.39 is 11.0 Å². The van der Waals surface area contributed by atoms with Crippen LogP contribution in [0.1, 0.15) is 19.3 Å². The molecule has 2 fully saturated rings. The highest BCUT2D eigenvalue weighted by Gasteiger charge is 2.42. The van der Waals surface area contributed by atoms with Crippen LogP contribution in [0.25, 0.3) is 0 Å². The second-order valence-electron chi connectivity index (χ2n) is 5.87. The summed E-state index contributed by atoms with van der Waals surface area (Å²) in [4.78, 5) is 25.7. The zero-order chi connectivity index (χ0) is 16.6. The van der Waals surface area contributed by atoms with E-state index >= 15 is 0 Å². The molecule has 0 radical (unpaired) electrons. The number of primary amides is 1. The van der Waals surface area contributed by atoms with Crippen molar-refractivity contribution in [2.45, 2.75) is 37.4 Å². The third kappa shape index (κ3) is 3.21. The number of pyridine rings is 1. The standard InChI is InChI=1S/C13H17ClN6O3/c14-9-4-7(20(22)23)5-16-13(9)17-6-1-2-10-8(3-6)11(12(15)21)19-18-10/h4-6,8,10-11,18-19H,1-3H2,(H2,15,21)(H,16,17). The molecule has 4 unspecified atom stereocenters. The van der Waals surface area contributed by atoms with Crippen LogP contribution in [0.15, 0.2) is 12.3 Å². The van der Waals surface area contributed by atoms with Gasteiger partial charge in [0, 0.05) is 24.1 Å². The second kappa shape index (κ2) is 6.26. The molecule has 1 aromatic heterocycles. The van der Waals surface area contributed by atoms with Gasteiger partial charge in [-0.3, -0.25) is 20.3 Å². The maximum atomic E-state index is 11.5. The van der Waals surface area contributed by atoms with E-state index in [2.05, 4.69) is 21.2 Å². The number of anilines is 1. The van der Waals surface area contributed by atoms with Crippen LogP contribution in [-0.2, 0) is 4.79 Å². The second-order valence-corrected chi connectivity index (χ2v) is 6.28. The topological polar surface area (TPSA) is 135 Å². The number of aromatic nitrogens is 1. The molecule has 9 nitrogen and oxygen atoms in total. The SMILES string of the molecule is NC(=O)C1NNC2CCC(Nc3ncc([N+](=O)[O-])cc3Cl)CC21. The molecule has 2 heterocycles. The van der Waals surface area contributed by atoms with E-state index in [9.17, 15) is 14.9 Å². The zero-order valence-corrected chi connectivity index (χ0v) is 12.9. The number of hydrogen-bond donors (Lipinski definition) is 4. The Morgan fingerprint density at radius 1 is 1.48 bits per heavy atom. The quantitative estimate of drug-likeness (QED) is 0.464. The highest BCUT2D eigenvalue weighted by molar-refractivity contribution is 6.33. The number of nitrogens with two attached hydrogens (primary N) is 1. The van der Waals surface area contributed by atoms with Crippen LogP contribution >= 0.6 is 11.6 Å². The Morgan fingerprint density at radius 2 is 2.26 bits per heavy atom. The molecular formula is C13H17ClN6O3. The lowest BCUT2D eigenvalue weighted by atomic mass is 9.79. The average molecular weight is 341 g/mol. The Morgan fingerprint density at radius 3 is 2.91 bits per heavy atom. The molecule has 1 aliphatic carbocycles. The van der Waals surface area contributed by atoms with E-state index in [1.165, 1.54) is 12.3 Å². The number of nitro groups is 1. The maximum Gasteiger partial charge on any atom is 0.289 e. The summed E-state index contributed by atoms with van der Waals surface area (Å²) in [6, 6.07) is 1.16. The first-order valence-corrected chi connectivity index (χ1v) is 7.70. The first-order valence-electron chi connectivity index (χ1n) is 7.32. The number of hydrazine groups is 1. The fourth-order valence-corrected chi connectivity index (χ4v) is 3.51. The number of carbonyl (C=O) groups is 1. The van der Waals surface area contributed by atoms with Crippen molar-refractivity contribution in [3.8, 4) is 0 Å². The molecule has 0 aromatic carbocycles. The first-order chi connectivity index (χ1) is 11.0. The van der Waals surface area contributed by atoms with E-state index in [1.54, 1.807) is 0 Å². The molecule has 5 N–H and O–H groups in total. The zero-order valence-electron chi connectivity index (χ0n) is 12.2. The molecule has 1 aromatic rings. The first kappa shape index (κ1) is 15.9. The maximum absolute atomic E-state index is 11.5. The largest absolute Gasteiger partial charge is 0.368 e. The molecule has 4 atom stereocenters. The van der Waals surface area contributed by atoms with Gasteiger partial charge in [0.15, 0.2) is 0 Å². The summed E-state index contributed by atoms with van der Waals surface area (Å²) in [6.07, 6.45) is 3.65. The monoisotopic (exact) mass is 340 g/mol. The third-order valence-electron chi connectivity index (χ3n) is 4.44. The number of carbonyl (C=O) groups excluding carboxylic acids is 1. The molecule has 2 aliphatic rings. The van der Waals surface area contributed by atoms with Gasteiger partial charge in [-0.2, -0.15) is 0 Å². The minimum absolute atomic E-state index is 0.0752. The Kier molecular flexibility index (Phi) is 4.33. The van der Waals surface area contributed by atoms with E-state index in [0.29, 0.717) is 5.82 Å². The molecule has 1 amide bonds. The summed E-state index contributed by atoms with van der Waals surface area (Å²) in [5.74, 6) is 0.128. The van der Waals surface area contributed by atoms with Gasteiger partial charge in [0.05, 0.1) is 9.95 Å². The number of hydrogen-bond acceptors (Lipinski definition) is 7. The minimum Gasteiger partial charge on any atom is -0.368 e. The minimum atomic E-state index is -0.540. The van der Waals surface area contributed by atoms with Crippen LogP contribution in [0.3, 0.4) is 0 Å². The van der Waals surface area contributed by atoms with Gasteiger partial charge in [-0.05, 0) is 19.3 Å². The lowest BCUT2D eigenvalue weighted by Crippen LogP contribution is -2.44. The van der Waals surface area contributed by atoms with Gasteiger partial charge >= 0.3 is 0 Å². The highest BCUT2D eigenvalue weighted by Crippen LogP contribution is 2.33. The van der Waals surface area contributed by atoms with Gasteiger partial charge in [0.2, 0.25) is 5.91 Å². The van der Waals surface area contributed by atoms with Crippen LogP contribution in [0.4, 0.5) is 11.5 Å². The van der Waals surface area contributed by atoms with Gasteiger partial charge in [0.25, 0.3) is 5.69 Å². The molecule has 10 heteroatoms. The molecule has 1 saturated carbocycles. The van der Waals surface area contributed by atoms with Crippen molar-refractivity contribution in [2.75, 3.05) is 5.32 Å². The van der Waals surface area contributed by atoms with Crippen LogP contribution in [0.2, 0.25) is 5.02 Å². The van der Waals surface area contributed by atoms with Crippen molar-refractivity contribution in [3.63, 3.8) is 0 Å². The van der Waals surface area contributed by atoms with E-state index in [4.69, 9.17) is 17.3 Å². The van der Waals surface area contributed by atoms with E-state index in [1.807, 2.05) is 0 Å². The van der Waals surface area contributed by atoms with E-state index in [-0.39, 0.29) is 34.6 Å². The predicted molar refractivity (Wildman–Crippen MR) is 83.7 cm³/mol. The molecule has 23 heavy (non-hydrogen) atoms. The molecule has 124 valence electrons. The number of rotatable bonds is 4. The summed E-state index contributed by atoms with van der Waals surface area (Å²) in [6.45, 7) is 0. The van der Waals surface area contributed by atoms with E-state index in [0.717, 1.165) is 19.3 Å². The molecular weight excluding hydrogens is 324 g/mol. The predicted octanol–water partition coefficient (Wildman–Crippen LogP) is 0.554. The molecule has 1 saturated heterocycles. The van der Waals surface area contributed by atoms with Gasteiger partial charge in [-0.25, -0.2) is 10.4 Å². The van der Waals surface area contributed by atoms with Crippen molar-refractivity contribution in [3.05, 3.63) is 27.4 Å².